The number of halogens is 2. The van der Waals surface area contributed by atoms with Crippen LogP contribution in [0.5, 0.6) is 0 Å². The van der Waals surface area contributed by atoms with Crippen molar-refractivity contribution in [3.05, 3.63) is 35.9 Å². The summed E-state index contributed by atoms with van der Waals surface area (Å²) in [6.07, 6.45) is 0.951. The number of hydrogen-bond donors (Lipinski definition) is 1. The van der Waals surface area contributed by atoms with Crippen molar-refractivity contribution in [1.29, 1.82) is 0 Å². The van der Waals surface area contributed by atoms with E-state index in [1.54, 1.807) is 18.2 Å². The van der Waals surface area contributed by atoms with Crippen LogP contribution in [-0.4, -0.2) is 31.1 Å². The lowest BCUT2D eigenvalue weighted by Crippen LogP contribution is -2.46. The maximum absolute atomic E-state index is 14.2. The molecule has 0 radical (unpaired) electrons. The summed E-state index contributed by atoms with van der Waals surface area (Å²) < 4.78 is 28.4. The van der Waals surface area contributed by atoms with E-state index in [0.29, 0.717) is 24.9 Å². The summed E-state index contributed by atoms with van der Waals surface area (Å²) in [6.45, 7) is 3.94. The molecule has 1 aromatic rings. The van der Waals surface area contributed by atoms with Gasteiger partial charge in [-0.25, -0.2) is 0 Å². The number of benzene rings is 1. The molecule has 0 spiro atoms. The van der Waals surface area contributed by atoms with Crippen LogP contribution in [0.2, 0.25) is 0 Å². The van der Waals surface area contributed by atoms with E-state index in [1.165, 1.54) is 12.1 Å². The first-order valence-corrected chi connectivity index (χ1v) is 6.88. The standard InChI is InChI=1S/C15H22F2N2/c1-12-7-8-19(10-13(12)9-18)11-15(16,17)14-5-3-2-4-6-14/h2-6,12-13H,7-11,18H2,1H3. The summed E-state index contributed by atoms with van der Waals surface area (Å²) in [5.74, 6) is -1.92. The Balaban J connectivity index is 2.01. The maximum Gasteiger partial charge on any atom is 0.285 e. The number of piperidine rings is 1. The first kappa shape index (κ1) is 14.4. The van der Waals surface area contributed by atoms with Crippen molar-refractivity contribution in [3.63, 3.8) is 0 Å². The monoisotopic (exact) mass is 268 g/mol. The maximum atomic E-state index is 14.2. The van der Waals surface area contributed by atoms with Gasteiger partial charge in [0.05, 0.1) is 6.54 Å². The topological polar surface area (TPSA) is 29.3 Å². The van der Waals surface area contributed by atoms with Crippen LogP contribution in [0.15, 0.2) is 30.3 Å². The highest BCUT2D eigenvalue weighted by Gasteiger charge is 2.36. The molecule has 0 aromatic heterocycles. The summed E-state index contributed by atoms with van der Waals surface area (Å²) in [6, 6.07) is 8.06. The van der Waals surface area contributed by atoms with Crippen molar-refractivity contribution < 1.29 is 8.78 Å². The summed E-state index contributed by atoms with van der Waals surface area (Å²) in [5, 5.41) is 0. The van der Waals surface area contributed by atoms with E-state index < -0.39 is 5.92 Å². The average molecular weight is 268 g/mol. The molecule has 0 aliphatic carbocycles. The van der Waals surface area contributed by atoms with Gasteiger partial charge in [-0.3, -0.25) is 4.90 Å². The Bertz CT molecular complexity index is 394. The molecule has 2 unspecified atom stereocenters. The first-order valence-electron chi connectivity index (χ1n) is 6.88. The molecule has 1 heterocycles. The number of alkyl halides is 2. The van der Waals surface area contributed by atoms with E-state index >= 15 is 0 Å². The molecule has 4 heteroatoms. The lowest BCUT2D eigenvalue weighted by atomic mass is 9.87. The van der Waals surface area contributed by atoms with Crippen LogP contribution in [-0.2, 0) is 5.92 Å². The Kier molecular flexibility index (Phi) is 4.53. The zero-order chi connectivity index (χ0) is 13.9. The molecule has 0 saturated carbocycles. The predicted molar refractivity (Wildman–Crippen MR) is 73.1 cm³/mol. The summed E-state index contributed by atoms with van der Waals surface area (Å²) in [5.41, 5.74) is 5.81. The minimum Gasteiger partial charge on any atom is -0.330 e. The second kappa shape index (κ2) is 5.97. The number of nitrogens with two attached hydrogens (primary N) is 1. The summed E-state index contributed by atoms with van der Waals surface area (Å²) >= 11 is 0. The molecule has 2 rings (SSSR count). The Labute approximate surface area is 113 Å². The first-order chi connectivity index (χ1) is 9.03. The van der Waals surface area contributed by atoms with Crippen molar-refractivity contribution in [2.45, 2.75) is 19.3 Å². The van der Waals surface area contributed by atoms with Gasteiger partial charge in [-0.1, -0.05) is 37.3 Å². The van der Waals surface area contributed by atoms with Crippen LogP contribution in [0.4, 0.5) is 8.78 Å². The van der Waals surface area contributed by atoms with Crippen LogP contribution in [0.3, 0.4) is 0 Å². The van der Waals surface area contributed by atoms with E-state index in [9.17, 15) is 8.78 Å². The van der Waals surface area contributed by atoms with Crippen LogP contribution in [0.1, 0.15) is 18.9 Å². The van der Waals surface area contributed by atoms with E-state index in [1.807, 2.05) is 4.90 Å². The fraction of sp³-hybridized carbons (Fsp3) is 0.600. The molecule has 1 aliphatic rings. The van der Waals surface area contributed by atoms with E-state index in [0.717, 1.165) is 13.0 Å². The van der Waals surface area contributed by atoms with Gasteiger partial charge in [0.1, 0.15) is 0 Å². The SMILES string of the molecule is CC1CCN(CC(F)(F)c2ccccc2)CC1CN. The van der Waals surface area contributed by atoms with Crippen molar-refractivity contribution in [2.24, 2.45) is 17.6 Å². The van der Waals surface area contributed by atoms with Crippen molar-refractivity contribution in [1.82, 2.24) is 4.90 Å². The van der Waals surface area contributed by atoms with Crippen LogP contribution < -0.4 is 5.73 Å². The largest absolute Gasteiger partial charge is 0.330 e. The zero-order valence-electron chi connectivity index (χ0n) is 11.4. The molecule has 0 amide bonds. The lowest BCUT2D eigenvalue weighted by molar-refractivity contribution is -0.0502. The highest BCUT2D eigenvalue weighted by atomic mass is 19.3. The van der Waals surface area contributed by atoms with Gasteiger partial charge in [-0.15, -0.1) is 0 Å². The van der Waals surface area contributed by atoms with Gasteiger partial charge >= 0.3 is 0 Å². The van der Waals surface area contributed by atoms with Crippen LogP contribution in [0, 0.1) is 11.8 Å². The molecular formula is C15H22F2N2. The second-order valence-corrected chi connectivity index (χ2v) is 5.57. The van der Waals surface area contributed by atoms with Crippen LogP contribution in [0.25, 0.3) is 0 Å². The molecule has 2 atom stereocenters. The third kappa shape index (κ3) is 3.51. The Hall–Kier alpha value is -1.00. The van der Waals surface area contributed by atoms with Crippen molar-refractivity contribution in [3.8, 4) is 0 Å². The van der Waals surface area contributed by atoms with Crippen LogP contribution >= 0.6 is 0 Å². The van der Waals surface area contributed by atoms with Gasteiger partial charge < -0.3 is 5.73 Å². The Morgan fingerprint density at radius 3 is 2.63 bits per heavy atom. The minimum absolute atomic E-state index is 0.0953. The molecule has 0 bridgehead atoms. The quantitative estimate of drug-likeness (QED) is 0.909. The molecule has 1 aliphatic heterocycles. The third-order valence-corrected chi connectivity index (χ3v) is 4.12. The molecule has 19 heavy (non-hydrogen) atoms. The predicted octanol–water partition coefficient (Wildman–Crippen LogP) is 2.70. The number of hydrogen-bond acceptors (Lipinski definition) is 2. The fourth-order valence-electron chi connectivity index (χ4n) is 2.73. The summed E-state index contributed by atoms with van der Waals surface area (Å²) in [7, 11) is 0. The molecule has 2 N–H and O–H groups in total. The third-order valence-electron chi connectivity index (χ3n) is 4.12. The Morgan fingerprint density at radius 2 is 2.00 bits per heavy atom. The normalized spacial score (nSPS) is 25.5. The molecule has 2 nitrogen and oxygen atoms in total. The van der Waals surface area contributed by atoms with E-state index in [2.05, 4.69) is 6.92 Å². The minimum atomic E-state index is -2.79. The number of rotatable bonds is 4. The van der Waals surface area contributed by atoms with Gasteiger partial charge in [-0.2, -0.15) is 8.78 Å². The van der Waals surface area contributed by atoms with E-state index in [4.69, 9.17) is 5.73 Å². The average Bonchev–Trinajstić information content (AvgIpc) is 2.42. The number of likely N-dealkylation sites (tertiary alicyclic amines) is 1. The van der Waals surface area contributed by atoms with Gasteiger partial charge in [0, 0.05) is 12.1 Å². The second-order valence-electron chi connectivity index (χ2n) is 5.57. The zero-order valence-corrected chi connectivity index (χ0v) is 11.4. The number of nitrogens with zero attached hydrogens (tertiary/aromatic N) is 1. The smallest absolute Gasteiger partial charge is 0.285 e. The highest BCUT2D eigenvalue weighted by molar-refractivity contribution is 5.20. The van der Waals surface area contributed by atoms with Crippen molar-refractivity contribution >= 4 is 0 Å². The highest BCUT2D eigenvalue weighted by Crippen LogP contribution is 2.31. The molecule has 1 saturated heterocycles. The fourth-order valence-corrected chi connectivity index (χ4v) is 2.73. The molecular weight excluding hydrogens is 246 g/mol. The molecule has 1 fully saturated rings. The van der Waals surface area contributed by atoms with Gasteiger partial charge in [0.15, 0.2) is 0 Å². The lowest BCUT2D eigenvalue weighted by Gasteiger charge is -2.38. The molecule has 106 valence electrons. The van der Waals surface area contributed by atoms with E-state index in [-0.39, 0.29) is 12.1 Å². The van der Waals surface area contributed by atoms with Crippen molar-refractivity contribution in [2.75, 3.05) is 26.2 Å². The Morgan fingerprint density at radius 1 is 1.32 bits per heavy atom. The molecule has 1 aromatic carbocycles. The summed E-state index contributed by atoms with van der Waals surface area (Å²) in [4.78, 5) is 1.85. The van der Waals surface area contributed by atoms with Gasteiger partial charge in [-0.05, 0) is 31.3 Å². The van der Waals surface area contributed by atoms with Gasteiger partial charge in [0.25, 0.3) is 5.92 Å². The van der Waals surface area contributed by atoms with Gasteiger partial charge in [0.2, 0.25) is 0 Å².